The smallest absolute Gasteiger partial charge is 0.163 e. The van der Waals surface area contributed by atoms with E-state index in [-0.39, 0.29) is 11.9 Å². The molecule has 3 nitrogen and oxygen atoms in total. The van der Waals surface area contributed by atoms with Crippen LogP contribution in [0, 0.1) is 0 Å². The van der Waals surface area contributed by atoms with E-state index >= 15 is 0 Å². The summed E-state index contributed by atoms with van der Waals surface area (Å²) in [5.41, 5.74) is 9.06. The molecule has 0 radical (unpaired) electrons. The van der Waals surface area contributed by atoms with Gasteiger partial charge in [0, 0.05) is 12.0 Å². The van der Waals surface area contributed by atoms with Crippen molar-refractivity contribution >= 4 is 5.78 Å². The van der Waals surface area contributed by atoms with Gasteiger partial charge in [0.2, 0.25) is 0 Å². The second kappa shape index (κ2) is 11.3. The highest BCUT2D eigenvalue weighted by atomic mass is 16.5. The highest BCUT2D eigenvalue weighted by Crippen LogP contribution is 2.30. The van der Waals surface area contributed by atoms with Crippen molar-refractivity contribution in [1.29, 1.82) is 0 Å². The summed E-state index contributed by atoms with van der Waals surface area (Å²) in [6, 6.07) is 27.0. The van der Waals surface area contributed by atoms with Crippen LogP contribution in [0.4, 0.5) is 0 Å². The summed E-state index contributed by atoms with van der Waals surface area (Å²) in [6.07, 6.45) is 5.65. The minimum atomic E-state index is 0.0160. The van der Waals surface area contributed by atoms with Crippen LogP contribution in [0.2, 0.25) is 0 Å². The minimum absolute atomic E-state index is 0.0160. The Morgan fingerprint density at radius 2 is 1.60 bits per heavy atom. The summed E-state index contributed by atoms with van der Waals surface area (Å²) in [5, 5.41) is 0. The number of hydrogen-bond acceptors (Lipinski definition) is 3. The lowest BCUT2D eigenvalue weighted by atomic mass is 9.90. The lowest BCUT2D eigenvalue weighted by Crippen LogP contribution is -2.12. The molecule has 1 unspecified atom stereocenters. The Morgan fingerprint density at radius 1 is 0.900 bits per heavy atom. The standard InChI is InChI=1S/C26H26O2.CH5N/c27-25-15-8-14-22-19-23(17-18-24(22)25)28-26(21-12-5-2-6-13-21)16-7-11-20-9-3-1-4-10-20;1-2/h1-6,9-10,12-13,17-19,26H,7-8,11,14-16H2;2H2,1H3. The molecule has 3 aromatic rings. The molecule has 1 aliphatic rings. The van der Waals surface area contributed by atoms with Gasteiger partial charge in [0.1, 0.15) is 11.9 Å². The van der Waals surface area contributed by atoms with Crippen LogP contribution in [0.3, 0.4) is 0 Å². The SMILES string of the molecule is CN.O=C1CCCc2cc(OC(CCCc3ccccc3)c3ccccc3)ccc21. The molecule has 0 aliphatic heterocycles. The molecular weight excluding hydrogens is 370 g/mol. The van der Waals surface area contributed by atoms with Gasteiger partial charge in [-0.3, -0.25) is 4.79 Å². The number of carbonyl (C=O) groups is 1. The number of nitrogens with two attached hydrogens (primary N) is 1. The zero-order chi connectivity index (χ0) is 21.2. The summed E-state index contributed by atoms with van der Waals surface area (Å²) in [5.74, 6) is 1.12. The van der Waals surface area contributed by atoms with Gasteiger partial charge in [-0.05, 0) is 74.0 Å². The predicted molar refractivity (Wildman–Crippen MR) is 123 cm³/mol. The Hall–Kier alpha value is -2.91. The summed E-state index contributed by atoms with van der Waals surface area (Å²) >= 11 is 0. The van der Waals surface area contributed by atoms with Crippen LogP contribution in [-0.2, 0) is 12.8 Å². The van der Waals surface area contributed by atoms with Gasteiger partial charge in [-0.15, -0.1) is 0 Å². The van der Waals surface area contributed by atoms with Crippen LogP contribution in [-0.4, -0.2) is 12.8 Å². The molecule has 0 saturated carbocycles. The van der Waals surface area contributed by atoms with E-state index in [0.717, 1.165) is 49.0 Å². The highest BCUT2D eigenvalue weighted by Gasteiger charge is 2.19. The van der Waals surface area contributed by atoms with Crippen molar-refractivity contribution in [3.63, 3.8) is 0 Å². The number of Topliss-reactive ketones (excluding diaryl/α,β-unsaturated/α-hetero) is 1. The summed E-state index contributed by atoms with van der Waals surface area (Å²) in [4.78, 5) is 12.1. The third-order valence-corrected chi connectivity index (χ3v) is 5.45. The molecule has 1 aliphatic carbocycles. The molecule has 1 atom stereocenters. The second-order valence-corrected chi connectivity index (χ2v) is 7.49. The van der Waals surface area contributed by atoms with Gasteiger partial charge < -0.3 is 10.5 Å². The molecule has 156 valence electrons. The second-order valence-electron chi connectivity index (χ2n) is 7.49. The fraction of sp³-hybridized carbons (Fsp3) is 0.296. The quantitative estimate of drug-likeness (QED) is 0.534. The summed E-state index contributed by atoms with van der Waals surface area (Å²) < 4.78 is 6.43. The predicted octanol–water partition coefficient (Wildman–Crippen LogP) is 5.92. The van der Waals surface area contributed by atoms with Gasteiger partial charge >= 0.3 is 0 Å². The Labute approximate surface area is 179 Å². The molecule has 0 saturated heterocycles. The van der Waals surface area contributed by atoms with Gasteiger partial charge in [0.05, 0.1) is 0 Å². The molecule has 0 heterocycles. The van der Waals surface area contributed by atoms with Crippen molar-refractivity contribution in [3.8, 4) is 5.75 Å². The normalized spacial score (nSPS) is 13.6. The van der Waals surface area contributed by atoms with Crippen LogP contribution in [0.5, 0.6) is 5.75 Å². The molecule has 0 amide bonds. The third-order valence-electron chi connectivity index (χ3n) is 5.45. The van der Waals surface area contributed by atoms with Crippen molar-refractivity contribution in [2.75, 3.05) is 7.05 Å². The van der Waals surface area contributed by atoms with E-state index in [1.165, 1.54) is 18.2 Å². The summed E-state index contributed by atoms with van der Waals surface area (Å²) in [6.45, 7) is 0. The molecule has 0 bridgehead atoms. The maximum Gasteiger partial charge on any atom is 0.163 e. The molecule has 2 N–H and O–H groups in total. The van der Waals surface area contributed by atoms with E-state index in [2.05, 4.69) is 66.4 Å². The lowest BCUT2D eigenvalue weighted by molar-refractivity contribution is 0.0972. The van der Waals surface area contributed by atoms with Gasteiger partial charge in [-0.25, -0.2) is 0 Å². The van der Waals surface area contributed by atoms with Crippen molar-refractivity contribution in [3.05, 3.63) is 101 Å². The molecule has 4 rings (SSSR count). The van der Waals surface area contributed by atoms with Crippen LogP contribution in [0.25, 0.3) is 0 Å². The van der Waals surface area contributed by atoms with Crippen LogP contribution in [0.1, 0.15) is 58.8 Å². The molecule has 0 aromatic heterocycles. The van der Waals surface area contributed by atoms with Crippen molar-refractivity contribution in [1.82, 2.24) is 0 Å². The zero-order valence-electron chi connectivity index (χ0n) is 17.7. The molecule has 3 aromatic carbocycles. The van der Waals surface area contributed by atoms with E-state index in [1.54, 1.807) is 0 Å². The highest BCUT2D eigenvalue weighted by molar-refractivity contribution is 5.98. The first kappa shape index (κ1) is 21.8. The number of ketones is 1. The van der Waals surface area contributed by atoms with E-state index in [4.69, 9.17) is 4.74 Å². The van der Waals surface area contributed by atoms with Crippen LogP contribution < -0.4 is 10.5 Å². The van der Waals surface area contributed by atoms with Gasteiger partial charge in [-0.1, -0.05) is 60.7 Å². The number of carbonyl (C=O) groups excluding carboxylic acids is 1. The molecule has 0 fully saturated rings. The minimum Gasteiger partial charge on any atom is -0.486 e. The number of hydrogen-bond donors (Lipinski definition) is 1. The maximum absolute atomic E-state index is 12.1. The van der Waals surface area contributed by atoms with E-state index in [9.17, 15) is 4.79 Å². The number of ether oxygens (including phenoxy) is 1. The van der Waals surface area contributed by atoms with Gasteiger partial charge in [-0.2, -0.15) is 0 Å². The fourth-order valence-electron chi connectivity index (χ4n) is 3.96. The number of rotatable bonds is 7. The van der Waals surface area contributed by atoms with Crippen molar-refractivity contribution in [2.24, 2.45) is 5.73 Å². The van der Waals surface area contributed by atoms with E-state index < -0.39 is 0 Å². The first-order valence-corrected chi connectivity index (χ1v) is 10.8. The lowest BCUT2D eigenvalue weighted by Gasteiger charge is -2.22. The monoisotopic (exact) mass is 401 g/mol. The van der Waals surface area contributed by atoms with Gasteiger partial charge in [0.15, 0.2) is 5.78 Å². The van der Waals surface area contributed by atoms with E-state index in [1.807, 2.05) is 18.2 Å². The average Bonchev–Trinajstić information content (AvgIpc) is 2.81. The average molecular weight is 402 g/mol. The Morgan fingerprint density at radius 3 is 2.33 bits per heavy atom. The summed E-state index contributed by atoms with van der Waals surface area (Å²) in [7, 11) is 1.50. The molecule has 3 heteroatoms. The zero-order valence-corrected chi connectivity index (χ0v) is 17.7. The Balaban J connectivity index is 0.00000124. The molecule has 30 heavy (non-hydrogen) atoms. The Kier molecular flexibility index (Phi) is 8.22. The van der Waals surface area contributed by atoms with Gasteiger partial charge in [0.25, 0.3) is 0 Å². The topological polar surface area (TPSA) is 52.3 Å². The van der Waals surface area contributed by atoms with Crippen LogP contribution in [0.15, 0.2) is 78.9 Å². The maximum atomic E-state index is 12.1. The first-order chi connectivity index (χ1) is 14.8. The van der Waals surface area contributed by atoms with Crippen molar-refractivity contribution in [2.45, 2.75) is 44.6 Å². The third kappa shape index (κ3) is 5.80. The van der Waals surface area contributed by atoms with Crippen LogP contribution >= 0.6 is 0 Å². The van der Waals surface area contributed by atoms with Crippen molar-refractivity contribution < 1.29 is 9.53 Å². The van der Waals surface area contributed by atoms with E-state index in [0.29, 0.717) is 6.42 Å². The first-order valence-electron chi connectivity index (χ1n) is 10.8. The number of fused-ring (bicyclic) bond motifs is 1. The fourth-order valence-corrected chi connectivity index (χ4v) is 3.96. The number of aryl methyl sites for hydroxylation is 2. The Bertz CT molecular complexity index is 922. The molecular formula is C27H31NO2. The molecule has 0 spiro atoms. The number of benzene rings is 3. The largest absolute Gasteiger partial charge is 0.486 e.